The average Bonchev–Trinajstić information content (AvgIpc) is 3.14. The first-order valence-corrected chi connectivity index (χ1v) is 9.92. The molecule has 148 valence electrons. The summed E-state index contributed by atoms with van der Waals surface area (Å²) in [5.74, 6) is 0.793. The summed E-state index contributed by atoms with van der Waals surface area (Å²) in [4.78, 5) is 28.5. The van der Waals surface area contributed by atoms with Crippen LogP contribution in [0.25, 0.3) is 0 Å². The molecule has 0 spiro atoms. The molecule has 0 saturated carbocycles. The van der Waals surface area contributed by atoms with Crippen molar-refractivity contribution in [3.05, 3.63) is 41.2 Å². The number of hydrogen-bond donors (Lipinski definition) is 0. The molecule has 0 radical (unpaired) electrons. The third kappa shape index (κ3) is 4.11. The van der Waals surface area contributed by atoms with E-state index in [1.165, 1.54) is 11.1 Å². The van der Waals surface area contributed by atoms with Crippen LogP contribution in [0.2, 0.25) is 0 Å². The van der Waals surface area contributed by atoms with E-state index >= 15 is 0 Å². The first kappa shape index (κ1) is 18.7. The number of fused-ring (bicyclic) bond motifs is 1. The Morgan fingerprint density at radius 1 is 1.18 bits per heavy atom. The van der Waals surface area contributed by atoms with E-state index in [1.54, 1.807) is 16.5 Å². The number of benzene rings is 1. The number of nitrogens with zero attached hydrogens (tertiary/aromatic N) is 6. The van der Waals surface area contributed by atoms with Crippen LogP contribution < -0.4 is 0 Å². The summed E-state index contributed by atoms with van der Waals surface area (Å²) in [5, 5.41) is 12.0. The van der Waals surface area contributed by atoms with Crippen LogP contribution in [-0.4, -0.2) is 61.3 Å². The number of hydrogen-bond acceptors (Lipinski definition) is 6. The zero-order valence-electron chi connectivity index (χ0n) is 16.3. The summed E-state index contributed by atoms with van der Waals surface area (Å²) in [5.41, 5.74) is 2.74. The van der Waals surface area contributed by atoms with Crippen molar-refractivity contribution in [2.75, 3.05) is 19.6 Å². The van der Waals surface area contributed by atoms with Gasteiger partial charge in [-0.3, -0.25) is 14.5 Å². The first-order valence-electron chi connectivity index (χ1n) is 9.92. The van der Waals surface area contributed by atoms with Gasteiger partial charge in [-0.15, -0.1) is 5.10 Å². The summed E-state index contributed by atoms with van der Waals surface area (Å²) < 4.78 is 1.60. The molecule has 4 rings (SSSR count). The Balaban J connectivity index is 1.38. The van der Waals surface area contributed by atoms with Gasteiger partial charge in [0.05, 0.1) is 6.54 Å². The monoisotopic (exact) mass is 382 g/mol. The van der Waals surface area contributed by atoms with E-state index in [4.69, 9.17) is 0 Å². The number of carbonyl (C=O) groups excluding carboxylic acids is 2. The fraction of sp³-hybridized carbons (Fsp3) is 0.550. The molecule has 1 amide bonds. The molecule has 2 aromatic rings. The number of aromatic nitrogens is 4. The number of piperidine rings is 1. The SMILES string of the molecule is CC(=O)C1CCCN(C(=O)Cn2nnnc2CN2CCc3ccccc3C2)C1. The summed E-state index contributed by atoms with van der Waals surface area (Å²) in [6, 6.07) is 8.49. The molecule has 3 heterocycles. The van der Waals surface area contributed by atoms with Crippen molar-refractivity contribution in [3.63, 3.8) is 0 Å². The van der Waals surface area contributed by atoms with Gasteiger partial charge in [0, 0.05) is 32.1 Å². The lowest BCUT2D eigenvalue weighted by Crippen LogP contribution is -2.43. The molecular formula is C20H26N6O2. The van der Waals surface area contributed by atoms with Gasteiger partial charge in [0.25, 0.3) is 0 Å². The minimum absolute atomic E-state index is 0.0245. The molecule has 0 N–H and O–H groups in total. The van der Waals surface area contributed by atoms with Gasteiger partial charge in [-0.1, -0.05) is 24.3 Å². The van der Waals surface area contributed by atoms with Crippen molar-refractivity contribution < 1.29 is 9.59 Å². The quantitative estimate of drug-likeness (QED) is 0.769. The molecule has 0 bridgehead atoms. The summed E-state index contributed by atoms with van der Waals surface area (Å²) in [7, 11) is 0. The number of tetrazole rings is 1. The largest absolute Gasteiger partial charge is 0.340 e. The van der Waals surface area contributed by atoms with Gasteiger partial charge in [0.2, 0.25) is 5.91 Å². The van der Waals surface area contributed by atoms with Crippen LogP contribution in [0.4, 0.5) is 0 Å². The van der Waals surface area contributed by atoms with Crippen molar-refractivity contribution in [1.29, 1.82) is 0 Å². The fourth-order valence-electron chi connectivity index (χ4n) is 4.11. The van der Waals surface area contributed by atoms with Crippen molar-refractivity contribution in [2.24, 2.45) is 5.92 Å². The lowest BCUT2D eigenvalue weighted by Gasteiger charge is -2.31. The van der Waals surface area contributed by atoms with Gasteiger partial charge in [-0.2, -0.15) is 0 Å². The minimum Gasteiger partial charge on any atom is -0.340 e. The normalized spacial score (nSPS) is 20.0. The van der Waals surface area contributed by atoms with Gasteiger partial charge < -0.3 is 4.90 Å². The third-order valence-corrected chi connectivity index (χ3v) is 5.81. The van der Waals surface area contributed by atoms with Crippen LogP contribution in [0.15, 0.2) is 24.3 Å². The molecule has 28 heavy (non-hydrogen) atoms. The van der Waals surface area contributed by atoms with Crippen molar-refractivity contribution in [1.82, 2.24) is 30.0 Å². The highest BCUT2D eigenvalue weighted by molar-refractivity contribution is 5.81. The summed E-state index contributed by atoms with van der Waals surface area (Å²) in [6.07, 6.45) is 2.74. The van der Waals surface area contributed by atoms with E-state index < -0.39 is 0 Å². The standard InChI is InChI=1S/C20H26N6O2/c1-15(27)17-7-4-9-25(12-17)20(28)14-26-19(21-22-23-26)13-24-10-8-16-5-2-3-6-18(16)11-24/h2-3,5-6,17H,4,7-14H2,1H3. The van der Waals surface area contributed by atoms with E-state index in [0.29, 0.717) is 25.5 Å². The predicted octanol–water partition coefficient (Wildman–Crippen LogP) is 1.06. The number of amides is 1. The van der Waals surface area contributed by atoms with Crippen LogP contribution >= 0.6 is 0 Å². The molecule has 8 heteroatoms. The molecule has 8 nitrogen and oxygen atoms in total. The number of Topliss-reactive ketones (excluding diaryl/α,β-unsaturated/α-hetero) is 1. The van der Waals surface area contributed by atoms with Gasteiger partial charge in [0.1, 0.15) is 12.3 Å². The maximum Gasteiger partial charge on any atom is 0.244 e. The van der Waals surface area contributed by atoms with Gasteiger partial charge in [-0.05, 0) is 47.7 Å². The second-order valence-corrected chi connectivity index (χ2v) is 7.77. The first-order chi connectivity index (χ1) is 13.6. The van der Waals surface area contributed by atoms with Crippen LogP contribution in [0.3, 0.4) is 0 Å². The molecule has 1 fully saturated rings. The number of likely N-dealkylation sites (tertiary alicyclic amines) is 1. The van der Waals surface area contributed by atoms with Crippen LogP contribution in [0.5, 0.6) is 0 Å². The summed E-state index contributed by atoms with van der Waals surface area (Å²) in [6.45, 7) is 5.36. The molecule has 1 aromatic carbocycles. The second-order valence-electron chi connectivity index (χ2n) is 7.77. The highest BCUT2D eigenvalue weighted by atomic mass is 16.2. The topological polar surface area (TPSA) is 84.2 Å². The molecule has 2 aliphatic heterocycles. The Hall–Kier alpha value is -2.61. The van der Waals surface area contributed by atoms with Crippen LogP contribution in [0, 0.1) is 5.92 Å². The Morgan fingerprint density at radius 2 is 2.00 bits per heavy atom. The van der Waals surface area contributed by atoms with E-state index in [0.717, 1.165) is 32.4 Å². The van der Waals surface area contributed by atoms with Crippen LogP contribution in [-0.2, 0) is 35.6 Å². The highest BCUT2D eigenvalue weighted by Gasteiger charge is 2.27. The maximum absolute atomic E-state index is 12.7. The molecule has 1 unspecified atom stereocenters. The molecule has 2 aliphatic rings. The highest BCUT2D eigenvalue weighted by Crippen LogP contribution is 2.20. The van der Waals surface area contributed by atoms with Crippen molar-refractivity contribution >= 4 is 11.7 Å². The molecule has 0 aliphatic carbocycles. The molecular weight excluding hydrogens is 356 g/mol. The predicted molar refractivity (Wildman–Crippen MR) is 102 cm³/mol. The number of carbonyl (C=O) groups is 2. The third-order valence-electron chi connectivity index (χ3n) is 5.81. The molecule has 1 aromatic heterocycles. The molecule has 1 saturated heterocycles. The van der Waals surface area contributed by atoms with Gasteiger partial charge in [0.15, 0.2) is 5.82 Å². The van der Waals surface area contributed by atoms with E-state index in [-0.39, 0.29) is 24.2 Å². The maximum atomic E-state index is 12.7. The number of ketones is 1. The van der Waals surface area contributed by atoms with Gasteiger partial charge >= 0.3 is 0 Å². The zero-order chi connectivity index (χ0) is 19.5. The zero-order valence-corrected chi connectivity index (χ0v) is 16.3. The van der Waals surface area contributed by atoms with E-state index in [2.05, 4.69) is 44.7 Å². The Bertz CT molecular complexity index is 864. The Labute approximate surface area is 164 Å². The Morgan fingerprint density at radius 3 is 2.82 bits per heavy atom. The van der Waals surface area contributed by atoms with E-state index in [9.17, 15) is 9.59 Å². The van der Waals surface area contributed by atoms with Crippen molar-refractivity contribution in [3.8, 4) is 0 Å². The number of rotatable bonds is 5. The molecule has 1 atom stereocenters. The second kappa shape index (κ2) is 8.18. The van der Waals surface area contributed by atoms with Crippen LogP contribution in [0.1, 0.15) is 36.7 Å². The van der Waals surface area contributed by atoms with Gasteiger partial charge in [-0.25, -0.2) is 4.68 Å². The lowest BCUT2D eigenvalue weighted by molar-refractivity contribution is -0.135. The average molecular weight is 382 g/mol. The fourth-order valence-corrected chi connectivity index (χ4v) is 4.11. The van der Waals surface area contributed by atoms with Crippen molar-refractivity contribution in [2.45, 2.75) is 45.8 Å². The Kier molecular flexibility index (Phi) is 5.47. The minimum atomic E-state index is -0.0422. The van der Waals surface area contributed by atoms with E-state index in [1.807, 2.05) is 0 Å². The lowest BCUT2D eigenvalue weighted by atomic mass is 9.94. The summed E-state index contributed by atoms with van der Waals surface area (Å²) >= 11 is 0. The smallest absolute Gasteiger partial charge is 0.244 e.